The number of hydrogen-bond acceptors (Lipinski definition) is 8. The summed E-state index contributed by atoms with van der Waals surface area (Å²) in [6.07, 6.45) is 5.47. The van der Waals surface area contributed by atoms with E-state index in [1.807, 2.05) is 31.4 Å². The van der Waals surface area contributed by atoms with Gasteiger partial charge in [-0.3, -0.25) is 4.98 Å². The number of anilines is 2. The first-order valence-electron chi connectivity index (χ1n) is 9.51. The molecular weight excluding hydrogens is 384 g/mol. The Morgan fingerprint density at radius 1 is 1.07 bits per heavy atom. The molecule has 1 aliphatic rings. The van der Waals surface area contributed by atoms with E-state index in [4.69, 9.17) is 14.7 Å². The van der Waals surface area contributed by atoms with E-state index in [0.29, 0.717) is 5.82 Å². The van der Waals surface area contributed by atoms with Gasteiger partial charge in [0.05, 0.1) is 23.6 Å². The zero-order valence-electron chi connectivity index (χ0n) is 16.0. The summed E-state index contributed by atoms with van der Waals surface area (Å²) in [6.45, 7) is 3.29. The van der Waals surface area contributed by atoms with E-state index in [0.717, 1.165) is 64.2 Å². The van der Waals surface area contributed by atoms with Crippen LogP contribution in [0.2, 0.25) is 0 Å². The third-order valence-electron chi connectivity index (χ3n) is 4.91. The number of aromatic nitrogens is 4. The molecular formula is C21H20N6OS. The summed E-state index contributed by atoms with van der Waals surface area (Å²) < 4.78 is 5.44. The van der Waals surface area contributed by atoms with Crippen LogP contribution < -0.4 is 10.2 Å². The summed E-state index contributed by atoms with van der Waals surface area (Å²) in [5, 5.41) is 5.24. The van der Waals surface area contributed by atoms with E-state index >= 15 is 0 Å². The Balaban J connectivity index is 1.53. The Kier molecular flexibility index (Phi) is 4.79. The quantitative estimate of drug-likeness (QED) is 0.556. The number of pyridine rings is 1. The van der Waals surface area contributed by atoms with E-state index in [1.54, 1.807) is 23.7 Å². The number of rotatable bonds is 4. The molecule has 29 heavy (non-hydrogen) atoms. The average molecular weight is 404 g/mol. The molecule has 0 bridgehead atoms. The number of thiazole rings is 1. The fraction of sp³-hybridized carbons (Fsp3) is 0.238. The molecule has 7 nitrogen and oxygen atoms in total. The molecule has 0 amide bonds. The van der Waals surface area contributed by atoms with Crippen molar-refractivity contribution in [2.24, 2.45) is 0 Å². The van der Waals surface area contributed by atoms with Crippen LogP contribution in [0.5, 0.6) is 0 Å². The van der Waals surface area contributed by atoms with Crippen molar-refractivity contribution in [3.63, 3.8) is 0 Å². The van der Waals surface area contributed by atoms with Gasteiger partial charge in [0, 0.05) is 49.7 Å². The molecule has 0 spiro atoms. The number of nitrogens with one attached hydrogen (secondary N) is 1. The molecule has 3 aromatic heterocycles. The van der Waals surface area contributed by atoms with Crippen molar-refractivity contribution in [1.29, 1.82) is 0 Å². The number of nitrogens with zero attached hydrogens (tertiary/aromatic N) is 5. The lowest BCUT2D eigenvalue weighted by molar-refractivity contribution is 0.122. The molecule has 1 aliphatic heterocycles. The molecule has 0 saturated carbocycles. The SMILES string of the molecule is CNc1nc(-c2cccnc2)nc2ccc(-c3cnc(N4CCOCC4)s3)cc12. The number of hydrogen-bond donors (Lipinski definition) is 1. The van der Waals surface area contributed by atoms with Gasteiger partial charge in [-0.15, -0.1) is 0 Å². The van der Waals surface area contributed by atoms with Gasteiger partial charge in [0.2, 0.25) is 0 Å². The van der Waals surface area contributed by atoms with Gasteiger partial charge in [0.25, 0.3) is 0 Å². The molecule has 4 heterocycles. The van der Waals surface area contributed by atoms with Crippen molar-refractivity contribution in [1.82, 2.24) is 19.9 Å². The van der Waals surface area contributed by atoms with Crippen LogP contribution in [-0.4, -0.2) is 53.3 Å². The lowest BCUT2D eigenvalue weighted by atomic mass is 10.1. The molecule has 146 valence electrons. The third-order valence-corrected chi connectivity index (χ3v) is 6.02. The number of fused-ring (bicyclic) bond motifs is 1. The fourth-order valence-electron chi connectivity index (χ4n) is 3.40. The number of morpholine rings is 1. The van der Waals surface area contributed by atoms with Gasteiger partial charge in [-0.2, -0.15) is 0 Å². The second kappa shape index (κ2) is 7.73. The average Bonchev–Trinajstić information content (AvgIpc) is 3.29. The molecule has 0 aliphatic carbocycles. The van der Waals surface area contributed by atoms with Crippen LogP contribution in [0.25, 0.3) is 32.7 Å². The first kappa shape index (κ1) is 18.0. The summed E-state index contributed by atoms with van der Waals surface area (Å²) in [5.41, 5.74) is 2.90. The molecule has 1 fully saturated rings. The van der Waals surface area contributed by atoms with Crippen LogP contribution in [0.15, 0.2) is 48.9 Å². The lowest BCUT2D eigenvalue weighted by Crippen LogP contribution is -2.36. The summed E-state index contributed by atoms with van der Waals surface area (Å²) in [7, 11) is 1.88. The zero-order chi connectivity index (χ0) is 19.6. The first-order chi connectivity index (χ1) is 14.3. The summed E-state index contributed by atoms with van der Waals surface area (Å²) in [5.74, 6) is 1.46. The Morgan fingerprint density at radius 2 is 1.97 bits per heavy atom. The van der Waals surface area contributed by atoms with Crippen LogP contribution >= 0.6 is 11.3 Å². The highest BCUT2D eigenvalue weighted by Crippen LogP contribution is 2.34. The van der Waals surface area contributed by atoms with E-state index < -0.39 is 0 Å². The Labute approximate surface area is 172 Å². The minimum atomic E-state index is 0.662. The molecule has 0 unspecified atom stereocenters. The van der Waals surface area contributed by atoms with Crippen LogP contribution in [-0.2, 0) is 4.74 Å². The van der Waals surface area contributed by atoms with Gasteiger partial charge in [-0.05, 0) is 29.8 Å². The van der Waals surface area contributed by atoms with E-state index in [9.17, 15) is 0 Å². The molecule has 0 atom stereocenters. The Hall–Kier alpha value is -3.10. The minimum Gasteiger partial charge on any atom is -0.378 e. The molecule has 4 aromatic rings. The molecule has 5 rings (SSSR count). The van der Waals surface area contributed by atoms with Gasteiger partial charge >= 0.3 is 0 Å². The molecule has 0 radical (unpaired) electrons. The number of ether oxygens (including phenoxy) is 1. The van der Waals surface area contributed by atoms with Crippen LogP contribution in [0.4, 0.5) is 10.9 Å². The predicted molar refractivity (Wildman–Crippen MR) is 116 cm³/mol. The van der Waals surface area contributed by atoms with Crippen LogP contribution in [0.3, 0.4) is 0 Å². The normalized spacial score (nSPS) is 14.3. The second-order valence-corrected chi connectivity index (χ2v) is 7.74. The van der Waals surface area contributed by atoms with E-state index in [1.165, 1.54) is 0 Å². The second-order valence-electron chi connectivity index (χ2n) is 6.73. The maximum absolute atomic E-state index is 5.44. The van der Waals surface area contributed by atoms with Crippen molar-refractivity contribution < 1.29 is 4.74 Å². The van der Waals surface area contributed by atoms with Crippen molar-refractivity contribution >= 4 is 33.2 Å². The van der Waals surface area contributed by atoms with Crippen molar-refractivity contribution in [3.8, 4) is 21.8 Å². The van der Waals surface area contributed by atoms with Gasteiger partial charge in [0.15, 0.2) is 11.0 Å². The Bertz CT molecular complexity index is 1140. The lowest BCUT2D eigenvalue weighted by Gasteiger charge is -2.25. The summed E-state index contributed by atoms with van der Waals surface area (Å²) in [4.78, 5) is 21.7. The number of benzene rings is 1. The van der Waals surface area contributed by atoms with E-state index in [2.05, 4.69) is 32.3 Å². The first-order valence-corrected chi connectivity index (χ1v) is 10.3. The summed E-state index contributed by atoms with van der Waals surface area (Å²) >= 11 is 1.70. The van der Waals surface area contributed by atoms with Gasteiger partial charge in [-0.25, -0.2) is 15.0 Å². The largest absolute Gasteiger partial charge is 0.378 e. The Morgan fingerprint density at radius 3 is 2.76 bits per heavy atom. The van der Waals surface area contributed by atoms with E-state index in [-0.39, 0.29) is 0 Å². The zero-order valence-corrected chi connectivity index (χ0v) is 16.8. The van der Waals surface area contributed by atoms with Crippen molar-refractivity contribution in [3.05, 3.63) is 48.9 Å². The van der Waals surface area contributed by atoms with Crippen molar-refractivity contribution in [2.75, 3.05) is 43.6 Å². The molecule has 1 N–H and O–H groups in total. The smallest absolute Gasteiger partial charge is 0.186 e. The maximum atomic E-state index is 5.44. The monoisotopic (exact) mass is 404 g/mol. The highest BCUT2D eigenvalue weighted by molar-refractivity contribution is 7.18. The van der Waals surface area contributed by atoms with Gasteiger partial charge < -0.3 is 15.0 Å². The summed E-state index contributed by atoms with van der Waals surface area (Å²) in [6, 6.07) is 10.1. The fourth-order valence-corrected chi connectivity index (χ4v) is 4.36. The predicted octanol–water partition coefficient (Wildman–Crippen LogP) is 3.69. The van der Waals surface area contributed by atoms with Crippen LogP contribution in [0, 0.1) is 0 Å². The minimum absolute atomic E-state index is 0.662. The maximum Gasteiger partial charge on any atom is 0.186 e. The molecule has 1 saturated heterocycles. The van der Waals surface area contributed by atoms with Gasteiger partial charge in [-0.1, -0.05) is 17.4 Å². The third kappa shape index (κ3) is 3.52. The van der Waals surface area contributed by atoms with Crippen molar-refractivity contribution in [2.45, 2.75) is 0 Å². The highest BCUT2D eigenvalue weighted by Gasteiger charge is 2.16. The standard InChI is InChI=1S/C21H20N6OS/c1-22-20-16-11-14(18-13-24-21(29-18)27-7-9-28-10-8-27)4-5-17(16)25-19(26-20)15-3-2-6-23-12-15/h2-6,11-13H,7-10H2,1H3,(H,22,25,26). The topological polar surface area (TPSA) is 76.1 Å². The van der Waals surface area contributed by atoms with Gasteiger partial charge in [0.1, 0.15) is 5.82 Å². The molecule has 1 aromatic carbocycles. The molecule has 8 heteroatoms. The highest BCUT2D eigenvalue weighted by atomic mass is 32.1. The van der Waals surface area contributed by atoms with Crippen LogP contribution in [0.1, 0.15) is 0 Å².